The summed E-state index contributed by atoms with van der Waals surface area (Å²) >= 11 is 1.30. The molecule has 0 unspecified atom stereocenters. The van der Waals surface area contributed by atoms with Crippen molar-refractivity contribution in [3.63, 3.8) is 0 Å². The summed E-state index contributed by atoms with van der Waals surface area (Å²) in [4.78, 5) is 17.4. The number of rotatable bonds is 5. The van der Waals surface area contributed by atoms with Crippen LogP contribution >= 0.6 is 11.3 Å². The highest BCUT2D eigenvalue weighted by molar-refractivity contribution is 7.19. The maximum absolute atomic E-state index is 12.5. The monoisotopic (exact) mass is 395 g/mol. The van der Waals surface area contributed by atoms with E-state index in [1.165, 1.54) is 17.4 Å². The Morgan fingerprint density at radius 2 is 1.75 bits per heavy atom. The van der Waals surface area contributed by atoms with Crippen molar-refractivity contribution in [2.75, 3.05) is 25.3 Å². The number of aromatic nitrogens is 1. The molecule has 3 N–H and O–H groups in total. The second-order valence-electron chi connectivity index (χ2n) is 5.92. The van der Waals surface area contributed by atoms with Gasteiger partial charge >= 0.3 is 0 Å². The number of nitrogens with zero attached hydrogens (tertiary/aromatic N) is 1. The van der Waals surface area contributed by atoms with Crippen LogP contribution < -0.4 is 26.0 Å². The lowest BCUT2D eigenvalue weighted by Gasteiger charge is -2.04. The number of fused-ring (bicyclic) bond motifs is 1. The van der Waals surface area contributed by atoms with Crippen LogP contribution in [0, 0.1) is 0 Å². The van der Waals surface area contributed by atoms with Crippen LogP contribution in [0.5, 0.6) is 11.5 Å². The number of methoxy groups -OCH3 is 2. The molecule has 0 atom stereocenters. The minimum absolute atomic E-state index is 0.156. The zero-order valence-electron chi connectivity index (χ0n) is 15.2. The number of hydrogen-bond donors (Lipinski definition) is 2. The molecule has 0 saturated carbocycles. The summed E-state index contributed by atoms with van der Waals surface area (Å²) in [6.45, 7) is 0. The highest BCUT2D eigenvalue weighted by Crippen LogP contribution is 2.37. The van der Waals surface area contributed by atoms with Gasteiger partial charge < -0.3 is 24.9 Å². The summed E-state index contributed by atoms with van der Waals surface area (Å²) in [5, 5.41) is 4.25. The van der Waals surface area contributed by atoms with Gasteiger partial charge in [-0.3, -0.25) is 4.79 Å². The molecule has 0 amide bonds. The van der Waals surface area contributed by atoms with E-state index >= 15 is 0 Å². The van der Waals surface area contributed by atoms with Gasteiger partial charge in [0.2, 0.25) is 0 Å². The lowest BCUT2D eigenvalue weighted by atomic mass is 10.2. The van der Waals surface area contributed by atoms with Gasteiger partial charge in [-0.1, -0.05) is 11.3 Å². The van der Waals surface area contributed by atoms with Crippen LogP contribution in [0.25, 0.3) is 21.6 Å². The quantitative estimate of drug-likeness (QED) is 0.521. The molecule has 7 nitrogen and oxygen atoms in total. The van der Waals surface area contributed by atoms with Crippen molar-refractivity contribution in [2.45, 2.75) is 0 Å². The third-order valence-electron chi connectivity index (χ3n) is 4.15. The van der Waals surface area contributed by atoms with Gasteiger partial charge in [-0.15, -0.1) is 0 Å². The first kappa shape index (κ1) is 17.9. The fourth-order valence-electron chi connectivity index (χ4n) is 2.73. The molecule has 28 heavy (non-hydrogen) atoms. The lowest BCUT2D eigenvalue weighted by molar-refractivity contribution is 0.414. The number of ether oxygens (including phenoxy) is 2. The molecular weight excluding hydrogens is 378 g/mol. The third kappa shape index (κ3) is 3.37. The molecule has 142 valence electrons. The van der Waals surface area contributed by atoms with E-state index in [1.54, 1.807) is 32.4 Å². The summed E-state index contributed by atoms with van der Waals surface area (Å²) in [7, 11) is 3.17. The second-order valence-corrected chi connectivity index (χ2v) is 6.92. The zero-order valence-corrected chi connectivity index (χ0v) is 16.0. The first-order chi connectivity index (χ1) is 13.6. The van der Waals surface area contributed by atoms with Crippen molar-refractivity contribution in [3.05, 3.63) is 58.8 Å². The average molecular weight is 395 g/mol. The summed E-state index contributed by atoms with van der Waals surface area (Å²) in [5.74, 6) is 2.01. The number of nitrogens with two attached hydrogens (primary N) is 1. The highest BCUT2D eigenvalue weighted by atomic mass is 32.1. The Bertz CT molecular complexity index is 1200. The number of nitrogens with one attached hydrogen (secondary N) is 1. The van der Waals surface area contributed by atoms with E-state index in [4.69, 9.17) is 19.6 Å². The number of anilines is 3. The summed E-state index contributed by atoms with van der Waals surface area (Å²) in [5.41, 5.74) is 7.19. The van der Waals surface area contributed by atoms with E-state index in [-0.39, 0.29) is 11.2 Å². The first-order valence-corrected chi connectivity index (χ1v) is 9.18. The third-order valence-corrected chi connectivity index (χ3v) is 5.16. The van der Waals surface area contributed by atoms with Crippen molar-refractivity contribution in [1.29, 1.82) is 0 Å². The van der Waals surface area contributed by atoms with Crippen LogP contribution in [0.3, 0.4) is 0 Å². The van der Waals surface area contributed by atoms with Gasteiger partial charge in [-0.05, 0) is 36.4 Å². The Balaban J connectivity index is 1.70. The predicted octanol–water partition coefficient (Wildman–Crippen LogP) is 4.26. The highest BCUT2D eigenvalue weighted by Gasteiger charge is 2.16. The fraction of sp³-hybridized carbons (Fsp3) is 0.100. The Labute approximate surface area is 164 Å². The fourth-order valence-corrected chi connectivity index (χ4v) is 3.59. The zero-order chi connectivity index (χ0) is 19.7. The molecule has 2 heterocycles. The standard InChI is InChI=1S/C20H17N3O4S/c1-25-12-5-3-11(4-6-12)22-20-23-19(21)18(28-20)17-10-15(24)14-8-7-13(26-2)9-16(14)27-17/h3-10H,21H2,1-2H3,(H,22,23). The van der Waals surface area contributed by atoms with Gasteiger partial charge in [-0.2, -0.15) is 0 Å². The number of benzene rings is 2. The molecular formula is C20H17N3O4S. The molecule has 4 aromatic rings. The molecule has 2 aromatic carbocycles. The molecule has 0 aliphatic heterocycles. The largest absolute Gasteiger partial charge is 0.497 e. The summed E-state index contributed by atoms with van der Waals surface area (Å²) < 4.78 is 16.3. The topological polar surface area (TPSA) is 99.6 Å². The number of nitrogen functional groups attached to an aromatic ring is 1. The molecule has 0 fully saturated rings. The van der Waals surface area contributed by atoms with Crippen molar-refractivity contribution >= 4 is 38.9 Å². The Kier molecular flexibility index (Phi) is 4.62. The normalized spacial score (nSPS) is 10.8. The molecule has 0 aliphatic rings. The molecule has 2 aromatic heterocycles. The van der Waals surface area contributed by atoms with E-state index in [2.05, 4.69) is 10.3 Å². The minimum atomic E-state index is -0.156. The van der Waals surface area contributed by atoms with Crippen LogP contribution in [0.1, 0.15) is 0 Å². The predicted molar refractivity (Wildman–Crippen MR) is 111 cm³/mol. The molecule has 0 saturated heterocycles. The van der Waals surface area contributed by atoms with E-state index in [1.807, 2.05) is 24.3 Å². The van der Waals surface area contributed by atoms with Crippen LogP contribution in [0.15, 0.2) is 57.7 Å². The Hall–Kier alpha value is -3.52. The van der Waals surface area contributed by atoms with Gasteiger partial charge in [0, 0.05) is 17.8 Å². The summed E-state index contributed by atoms with van der Waals surface area (Å²) in [6, 6.07) is 13.9. The van der Waals surface area contributed by atoms with E-state index in [0.717, 1.165) is 11.4 Å². The van der Waals surface area contributed by atoms with Crippen molar-refractivity contribution in [3.8, 4) is 22.1 Å². The van der Waals surface area contributed by atoms with Crippen molar-refractivity contribution < 1.29 is 13.9 Å². The minimum Gasteiger partial charge on any atom is -0.497 e. The number of hydrogen-bond acceptors (Lipinski definition) is 8. The van der Waals surface area contributed by atoms with Crippen molar-refractivity contribution in [2.24, 2.45) is 0 Å². The molecule has 0 aliphatic carbocycles. The van der Waals surface area contributed by atoms with Gasteiger partial charge in [0.15, 0.2) is 16.3 Å². The second kappa shape index (κ2) is 7.24. The number of thiazole rings is 1. The van der Waals surface area contributed by atoms with Gasteiger partial charge in [0.25, 0.3) is 0 Å². The Morgan fingerprint density at radius 3 is 2.46 bits per heavy atom. The van der Waals surface area contributed by atoms with Gasteiger partial charge in [-0.25, -0.2) is 4.98 Å². The molecule has 0 radical (unpaired) electrons. The molecule has 0 spiro atoms. The molecule has 8 heteroatoms. The van der Waals surface area contributed by atoms with Gasteiger partial charge in [0.1, 0.15) is 27.8 Å². The SMILES string of the molecule is COc1ccc(Nc2nc(N)c(-c3cc(=O)c4ccc(OC)cc4o3)s2)cc1. The molecule has 4 rings (SSSR count). The van der Waals surface area contributed by atoms with Crippen LogP contribution in [0.4, 0.5) is 16.6 Å². The maximum Gasteiger partial charge on any atom is 0.193 e. The summed E-state index contributed by atoms with van der Waals surface area (Å²) in [6.07, 6.45) is 0. The Morgan fingerprint density at radius 1 is 1.04 bits per heavy atom. The van der Waals surface area contributed by atoms with E-state index < -0.39 is 0 Å². The van der Waals surface area contributed by atoms with Gasteiger partial charge in [0.05, 0.1) is 19.6 Å². The average Bonchev–Trinajstić information content (AvgIpc) is 3.08. The van der Waals surface area contributed by atoms with Crippen molar-refractivity contribution in [1.82, 2.24) is 4.98 Å². The smallest absolute Gasteiger partial charge is 0.193 e. The first-order valence-electron chi connectivity index (χ1n) is 8.37. The lowest BCUT2D eigenvalue weighted by Crippen LogP contribution is -2.00. The van der Waals surface area contributed by atoms with Crippen LogP contribution in [-0.4, -0.2) is 19.2 Å². The van der Waals surface area contributed by atoms with E-state index in [0.29, 0.717) is 32.5 Å². The van der Waals surface area contributed by atoms with Crippen LogP contribution in [-0.2, 0) is 0 Å². The molecule has 0 bridgehead atoms. The maximum atomic E-state index is 12.5. The van der Waals surface area contributed by atoms with E-state index in [9.17, 15) is 4.79 Å². The van der Waals surface area contributed by atoms with Crippen LogP contribution in [0.2, 0.25) is 0 Å².